The normalized spacial score (nSPS) is 13.9. The van der Waals surface area contributed by atoms with Crippen molar-refractivity contribution in [1.29, 1.82) is 0 Å². The number of esters is 1. The summed E-state index contributed by atoms with van der Waals surface area (Å²) in [5, 5.41) is 0. The number of pyridine rings is 1. The summed E-state index contributed by atoms with van der Waals surface area (Å²) in [5.74, 6) is 0.0142. The number of aromatic nitrogens is 1. The standard InChI is InChI=1S/C28H33N3O3/c1-6-30(7-2)22-14-10-20(11-15-22)28(21-12-16-23(17-13-21)31(8-3)9-4)25-24(27(32)34-28)18-19-29-26(25)33-5/h10-19H,6-9H2,1-5H3. The fourth-order valence-electron chi connectivity index (χ4n) is 4.92. The number of fused-ring (bicyclic) bond motifs is 1. The summed E-state index contributed by atoms with van der Waals surface area (Å²) in [6, 6.07) is 18.2. The molecule has 0 amide bonds. The number of benzene rings is 2. The molecule has 1 aromatic heterocycles. The van der Waals surface area contributed by atoms with Crippen LogP contribution in [0, 0.1) is 0 Å². The minimum atomic E-state index is -1.14. The Morgan fingerprint density at radius 3 is 1.68 bits per heavy atom. The fourth-order valence-corrected chi connectivity index (χ4v) is 4.92. The van der Waals surface area contributed by atoms with Gasteiger partial charge in [-0.05, 0) is 58.0 Å². The van der Waals surface area contributed by atoms with Gasteiger partial charge in [0.15, 0.2) is 5.60 Å². The van der Waals surface area contributed by atoms with E-state index in [1.165, 1.54) is 0 Å². The molecule has 34 heavy (non-hydrogen) atoms. The van der Waals surface area contributed by atoms with Crippen molar-refractivity contribution in [2.45, 2.75) is 33.3 Å². The van der Waals surface area contributed by atoms with Crippen LogP contribution in [-0.2, 0) is 10.3 Å². The fraction of sp³-hybridized carbons (Fsp3) is 0.357. The van der Waals surface area contributed by atoms with E-state index in [0.717, 1.165) is 48.7 Å². The average molecular weight is 460 g/mol. The molecular weight excluding hydrogens is 426 g/mol. The maximum atomic E-state index is 13.1. The van der Waals surface area contributed by atoms with E-state index in [9.17, 15) is 4.79 Å². The Morgan fingerprint density at radius 2 is 1.26 bits per heavy atom. The third-order valence-electron chi connectivity index (χ3n) is 6.73. The van der Waals surface area contributed by atoms with Gasteiger partial charge in [-0.3, -0.25) is 0 Å². The number of carbonyl (C=O) groups excluding carboxylic acids is 1. The lowest BCUT2D eigenvalue weighted by Gasteiger charge is -2.32. The van der Waals surface area contributed by atoms with Crippen molar-refractivity contribution < 1.29 is 14.3 Å². The first-order valence-corrected chi connectivity index (χ1v) is 12.0. The van der Waals surface area contributed by atoms with Crippen molar-refractivity contribution in [2.75, 3.05) is 43.1 Å². The number of anilines is 2. The van der Waals surface area contributed by atoms with E-state index in [-0.39, 0.29) is 5.97 Å². The SMILES string of the molecule is CCN(CC)c1ccc(C2(c3ccc(N(CC)CC)cc3)OC(=O)c3ccnc(OC)c32)cc1. The van der Waals surface area contributed by atoms with Gasteiger partial charge in [0.25, 0.3) is 0 Å². The topological polar surface area (TPSA) is 54.9 Å². The summed E-state index contributed by atoms with van der Waals surface area (Å²) < 4.78 is 11.9. The Hall–Kier alpha value is -3.54. The maximum Gasteiger partial charge on any atom is 0.340 e. The molecule has 6 heteroatoms. The molecule has 6 nitrogen and oxygen atoms in total. The number of cyclic esters (lactones) is 1. The van der Waals surface area contributed by atoms with Crippen molar-refractivity contribution in [1.82, 2.24) is 4.98 Å². The molecule has 2 aromatic carbocycles. The van der Waals surface area contributed by atoms with Gasteiger partial charge in [-0.2, -0.15) is 0 Å². The van der Waals surface area contributed by atoms with E-state index >= 15 is 0 Å². The third-order valence-corrected chi connectivity index (χ3v) is 6.73. The average Bonchev–Trinajstić information content (AvgIpc) is 3.20. The van der Waals surface area contributed by atoms with E-state index in [0.29, 0.717) is 17.0 Å². The highest BCUT2D eigenvalue weighted by Gasteiger charge is 2.51. The zero-order valence-corrected chi connectivity index (χ0v) is 20.7. The molecule has 3 aromatic rings. The maximum absolute atomic E-state index is 13.1. The Balaban J connectivity index is 1.92. The second kappa shape index (κ2) is 9.75. The van der Waals surface area contributed by atoms with Gasteiger partial charge in [0.1, 0.15) is 0 Å². The molecule has 1 aliphatic heterocycles. The predicted octanol–water partition coefficient (Wildman–Crippen LogP) is 5.24. The second-order valence-corrected chi connectivity index (χ2v) is 8.25. The predicted molar refractivity (Wildman–Crippen MR) is 136 cm³/mol. The van der Waals surface area contributed by atoms with Crippen molar-refractivity contribution in [3.05, 3.63) is 83.0 Å². The zero-order chi connectivity index (χ0) is 24.3. The molecule has 0 radical (unpaired) electrons. The molecule has 4 rings (SSSR count). The largest absolute Gasteiger partial charge is 0.481 e. The lowest BCUT2D eigenvalue weighted by molar-refractivity contribution is 0.0247. The molecule has 0 N–H and O–H groups in total. The van der Waals surface area contributed by atoms with E-state index in [1.807, 2.05) is 24.3 Å². The van der Waals surface area contributed by atoms with Crippen molar-refractivity contribution in [3.8, 4) is 5.88 Å². The molecule has 0 fully saturated rings. The van der Waals surface area contributed by atoms with Crippen molar-refractivity contribution >= 4 is 17.3 Å². The molecule has 0 bridgehead atoms. The molecule has 178 valence electrons. The van der Waals surface area contributed by atoms with Crippen LogP contribution in [0.25, 0.3) is 0 Å². The van der Waals surface area contributed by atoms with Crippen LogP contribution in [0.2, 0.25) is 0 Å². The van der Waals surface area contributed by atoms with Crippen molar-refractivity contribution in [2.24, 2.45) is 0 Å². The van der Waals surface area contributed by atoms with Crippen LogP contribution >= 0.6 is 0 Å². The first kappa shape index (κ1) is 23.6. The van der Waals surface area contributed by atoms with Gasteiger partial charge in [0.05, 0.1) is 18.2 Å². The number of methoxy groups -OCH3 is 1. The highest BCUT2D eigenvalue weighted by Crippen LogP contribution is 2.50. The van der Waals surface area contributed by atoms with Gasteiger partial charge in [0.2, 0.25) is 5.88 Å². The van der Waals surface area contributed by atoms with Crippen LogP contribution < -0.4 is 14.5 Å². The number of carbonyl (C=O) groups is 1. The number of nitrogens with zero attached hydrogens (tertiary/aromatic N) is 3. The molecule has 0 saturated heterocycles. The van der Waals surface area contributed by atoms with Crippen molar-refractivity contribution in [3.63, 3.8) is 0 Å². The first-order chi connectivity index (χ1) is 16.5. The van der Waals surface area contributed by atoms with Gasteiger partial charge < -0.3 is 19.3 Å². The molecular formula is C28H33N3O3. The summed E-state index contributed by atoms with van der Waals surface area (Å²) in [5.41, 5.74) is 3.96. The minimum Gasteiger partial charge on any atom is -0.481 e. The molecule has 2 heterocycles. The van der Waals surface area contributed by atoms with Gasteiger partial charge in [-0.1, -0.05) is 24.3 Å². The van der Waals surface area contributed by atoms with E-state index in [1.54, 1.807) is 19.4 Å². The summed E-state index contributed by atoms with van der Waals surface area (Å²) in [6.07, 6.45) is 1.59. The number of rotatable bonds is 9. The van der Waals surface area contributed by atoms with Crippen LogP contribution in [0.3, 0.4) is 0 Å². The zero-order valence-electron chi connectivity index (χ0n) is 20.7. The summed E-state index contributed by atoms with van der Waals surface area (Å²) in [6.45, 7) is 12.2. The third kappa shape index (κ3) is 3.77. The number of ether oxygens (including phenoxy) is 2. The second-order valence-electron chi connectivity index (χ2n) is 8.25. The summed E-state index contributed by atoms with van der Waals surface area (Å²) >= 11 is 0. The summed E-state index contributed by atoms with van der Waals surface area (Å²) in [7, 11) is 1.57. The molecule has 0 aliphatic carbocycles. The Bertz CT molecular complexity index is 1080. The van der Waals surface area contributed by atoms with Gasteiger partial charge >= 0.3 is 5.97 Å². The highest BCUT2D eigenvalue weighted by molar-refractivity contribution is 5.97. The molecule has 0 unspecified atom stereocenters. The molecule has 1 aliphatic rings. The van der Waals surface area contributed by atoms with E-state index in [2.05, 4.69) is 66.7 Å². The Morgan fingerprint density at radius 1 is 0.794 bits per heavy atom. The van der Waals surface area contributed by atoms with Gasteiger partial charge in [-0.25, -0.2) is 9.78 Å². The lowest BCUT2D eigenvalue weighted by Crippen LogP contribution is -2.31. The van der Waals surface area contributed by atoms with Crippen LogP contribution in [0.4, 0.5) is 11.4 Å². The van der Waals surface area contributed by atoms with Crippen LogP contribution in [0.1, 0.15) is 54.7 Å². The minimum absolute atomic E-state index is 0.378. The smallest absolute Gasteiger partial charge is 0.340 e. The van der Waals surface area contributed by atoms with E-state index < -0.39 is 5.60 Å². The lowest BCUT2D eigenvalue weighted by atomic mass is 9.80. The Labute approximate surface area is 202 Å². The molecule has 0 saturated carbocycles. The quantitative estimate of drug-likeness (QED) is 0.408. The van der Waals surface area contributed by atoms with E-state index in [4.69, 9.17) is 9.47 Å². The summed E-state index contributed by atoms with van der Waals surface area (Å²) in [4.78, 5) is 22.1. The van der Waals surface area contributed by atoms with Crippen LogP contribution in [0.5, 0.6) is 5.88 Å². The first-order valence-electron chi connectivity index (χ1n) is 12.0. The number of hydrogen-bond donors (Lipinski definition) is 0. The van der Waals surface area contributed by atoms with Crippen LogP contribution in [-0.4, -0.2) is 44.2 Å². The molecule has 0 atom stereocenters. The highest BCUT2D eigenvalue weighted by atomic mass is 16.6. The molecule has 0 spiro atoms. The monoisotopic (exact) mass is 459 g/mol. The Kier molecular flexibility index (Phi) is 6.77. The number of hydrogen-bond acceptors (Lipinski definition) is 6. The van der Waals surface area contributed by atoms with Gasteiger partial charge in [0, 0.05) is 54.9 Å². The van der Waals surface area contributed by atoms with Crippen LogP contribution in [0.15, 0.2) is 60.8 Å². The van der Waals surface area contributed by atoms with Gasteiger partial charge in [-0.15, -0.1) is 0 Å².